The number of aryl methyl sites for hydroxylation is 2. The van der Waals surface area contributed by atoms with E-state index in [0.717, 1.165) is 35.2 Å². The third-order valence-electron chi connectivity index (χ3n) is 8.64. The van der Waals surface area contributed by atoms with Crippen LogP contribution in [0.4, 0.5) is 5.69 Å². The van der Waals surface area contributed by atoms with Crippen LogP contribution in [0.1, 0.15) is 35.6 Å². The number of hydrogen-bond donors (Lipinski definition) is 1. The molecule has 2 saturated heterocycles. The van der Waals surface area contributed by atoms with Crippen LogP contribution in [0, 0.1) is 25.7 Å². The van der Waals surface area contributed by atoms with Crippen molar-refractivity contribution < 1.29 is 24.2 Å². The number of carbonyl (C=O) groups is 3. The maximum Gasteiger partial charge on any atom is 0.311 e. The topological polar surface area (TPSA) is 87.2 Å². The highest BCUT2D eigenvalue weighted by Gasteiger charge is 2.72. The van der Waals surface area contributed by atoms with E-state index in [1.54, 1.807) is 9.80 Å². The number of thioether (sulfide) groups is 1. The zero-order chi connectivity index (χ0) is 28.0. The molecule has 8 heteroatoms. The summed E-state index contributed by atoms with van der Waals surface area (Å²) in [6.45, 7) is 4.27. The van der Waals surface area contributed by atoms with Gasteiger partial charge in [0.2, 0.25) is 5.91 Å². The van der Waals surface area contributed by atoms with Crippen LogP contribution in [0.3, 0.4) is 0 Å². The number of ether oxygens (including phenoxy) is 1. The van der Waals surface area contributed by atoms with Crippen LogP contribution < -0.4 is 4.90 Å². The molecule has 2 fully saturated rings. The molecule has 4 aliphatic rings. The van der Waals surface area contributed by atoms with Crippen LogP contribution >= 0.6 is 11.8 Å². The van der Waals surface area contributed by atoms with Crippen molar-refractivity contribution in [1.82, 2.24) is 4.90 Å². The number of hydrogen-bond acceptors (Lipinski definition) is 6. The molecular formula is C32H34N2O5S. The van der Waals surface area contributed by atoms with E-state index in [0.29, 0.717) is 13.2 Å². The van der Waals surface area contributed by atoms with E-state index in [1.807, 2.05) is 80.6 Å². The van der Waals surface area contributed by atoms with E-state index < -0.39 is 34.6 Å². The molecular weight excluding hydrogens is 524 g/mol. The summed E-state index contributed by atoms with van der Waals surface area (Å²) >= 11 is 1.52. The summed E-state index contributed by atoms with van der Waals surface area (Å²) in [7, 11) is 0. The van der Waals surface area contributed by atoms with Gasteiger partial charge in [0.25, 0.3) is 5.91 Å². The van der Waals surface area contributed by atoms with E-state index in [-0.39, 0.29) is 23.7 Å². The Kier molecular flexibility index (Phi) is 7.09. The first kappa shape index (κ1) is 26.8. The average Bonchev–Trinajstić information content (AvgIpc) is 3.36. The van der Waals surface area contributed by atoms with Crippen molar-refractivity contribution in [3.63, 3.8) is 0 Å². The van der Waals surface area contributed by atoms with Gasteiger partial charge in [-0.1, -0.05) is 66.8 Å². The molecule has 0 aromatic heterocycles. The predicted molar refractivity (Wildman–Crippen MR) is 155 cm³/mol. The molecule has 1 spiro atoms. The lowest BCUT2D eigenvalue weighted by Crippen LogP contribution is -2.54. The number of likely N-dealkylation sites (tertiary alicyclic amines) is 1. The molecule has 4 aliphatic heterocycles. The molecule has 2 aromatic rings. The number of allylic oxidation sites excluding steroid dienone is 1. The summed E-state index contributed by atoms with van der Waals surface area (Å²) in [4.78, 5) is 46.2. The van der Waals surface area contributed by atoms with Crippen molar-refractivity contribution in [2.45, 2.75) is 48.8 Å². The summed E-state index contributed by atoms with van der Waals surface area (Å²) < 4.78 is 4.68. The first-order valence-corrected chi connectivity index (χ1v) is 14.8. The average molecular weight is 559 g/mol. The van der Waals surface area contributed by atoms with Gasteiger partial charge in [0.1, 0.15) is 6.04 Å². The molecule has 4 heterocycles. The number of aliphatic hydroxyl groups excluding tert-OH is 1. The maximum absolute atomic E-state index is 14.8. The number of nitrogens with zero attached hydrogens (tertiary/aromatic N) is 2. The van der Waals surface area contributed by atoms with Crippen molar-refractivity contribution in [3.05, 3.63) is 89.5 Å². The van der Waals surface area contributed by atoms with Gasteiger partial charge in [0.05, 0.1) is 35.8 Å². The van der Waals surface area contributed by atoms with Gasteiger partial charge in [-0.05, 0) is 49.4 Å². The standard InChI is InChI=1S/C32H34N2O5S/c1-20-13-14-21(2)23(18-20)33-16-9-15-32-27(26-25(40-32)12-7-4-8-17-39-31(26)38)29(36)34(28(32)30(33)37)24(19-35)22-10-5-3-6-11-22/h3,5-7,9-15,18,24-28,35H,4,8,16-17,19H2,1-2H3/b12-7-/t24-,25-,26+,27+,28?,32+/m1/s1. The highest BCUT2D eigenvalue weighted by molar-refractivity contribution is 8.02. The molecule has 208 valence electrons. The zero-order valence-corrected chi connectivity index (χ0v) is 23.5. The first-order chi connectivity index (χ1) is 19.4. The van der Waals surface area contributed by atoms with Gasteiger partial charge in [-0.25, -0.2) is 0 Å². The molecule has 2 aromatic carbocycles. The molecule has 1 unspecified atom stereocenters. The van der Waals surface area contributed by atoms with Crippen LogP contribution in [0.15, 0.2) is 72.8 Å². The number of fused-ring (bicyclic) bond motifs is 2. The molecule has 0 aliphatic carbocycles. The Balaban J connectivity index is 1.53. The lowest BCUT2D eigenvalue weighted by molar-refractivity contribution is -0.153. The summed E-state index contributed by atoms with van der Waals surface area (Å²) in [6, 6.07) is 13.7. The van der Waals surface area contributed by atoms with Crippen molar-refractivity contribution in [1.29, 1.82) is 0 Å². The lowest BCUT2D eigenvalue weighted by Gasteiger charge is -2.39. The van der Waals surface area contributed by atoms with Crippen molar-refractivity contribution in [2.75, 3.05) is 24.7 Å². The van der Waals surface area contributed by atoms with Gasteiger partial charge >= 0.3 is 5.97 Å². The van der Waals surface area contributed by atoms with Crippen molar-refractivity contribution in [2.24, 2.45) is 11.8 Å². The largest absolute Gasteiger partial charge is 0.465 e. The van der Waals surface area contributed by atoms with E-state index in [2.05, 4.69) is 6.08 Å². The van der Waals surface area contributed by atoms with Gasteiger partial charge in [-0.2, -0.15) is 0 Å². The number of esters is 1. The summed E-state index contributed by atoms with van der Waals surface area (Å²) in [5.74, 6) is -2.41. The lowest BCUT2D eigenvalue weighted by atomic mass is 9.78. The number of aliphatic hydroxyl groups is 1. The summed E-state index contributed by atoms with van der Waals surface area (Å²) in [6.07, 6.45) is 9.56. The summed E-state index contributed by atoms with van der Waals surface area (Å²) in [5.41, 5.74) is 3.53. The van der Waals surface area contributed by atoms with Gasteiger partial charge in [0, 0.05) is 17.5 Å². The molecule has 6 atom stereocenters. The van der Waals surface area contributed by atoms with Crippen LogP contribution in [0.5, 0.6) is 0 Å². The highest BCUT2D eigenvalue weighted by Crippen LogP contribution is 2.62. The highest BCUT2D eigenvalue weighted by atomic mass is 32.2. The Morgan fingerprint density at radius 1 is 1.07 bits per heavy atom. The number of cyclic esters (lactones) is 1. The predicted octanol–water partition coefficient (Wildman–Crippen LogP) is 4.13. The fourth-order valence-corrected chi connectivity index (χ4v) is 8.77. The van der Waals surface area contributed by atoms with Gasteiger partial charge in [0.15, 0.2) is 0 Å². The monoisotopic (exact) mass is 558 g/mol. The normalized spacial score (nSPS) is 31.3. The molecule has 2 amide bonds. The van der Waals surface area contributed by atoms with Gasteiger partial charge < -0.3 is 19.6 Å². The quantitative estimate of drug-likeness (QED) is 0.449. The van der Waals surface area contributed by atoms with E-state index in [9.17, 15) is 19.5 Å². The molecule has 0 saturated carbocycles. The minimum Gasteiger partial charge on any atom is -0.465 e. The molecule has 7 nitrogen and oxygen atoms in total. The fourth-order valence-electron chi connectivity index (χ4n) is 6.78. The third-order valence-corrected chi connectivity index (χ3v) is 10.4. The molecule has 0 bridgehead atoms. The molecule has 1 N–H and O–H groups in total. The third kappa shape index (κ3) is 4.20. The summed E-state index contributed by atoms with van der Waals surface area (Å²) in [5, 5.41) is 10.4. The number of rotatable bonds is 4. The Hall–Kier alpha value is -3.36. The SMILES string of the molecule is Cc1ccc(C)c(N2CC=C[C@]34S[C@@H]5/C=C\CCCOC(=O)[C@@H]5[C@H]3C(=O)N([C@H](CO)c3ccccc3)C4C2=O)c1. The minimum absolute atomic E-state index is 0.208. The van der Waals surface area contributed by atoms with Crippen LogP contribution in [0.25, 0.3) is 0 Å². The number of benzene rings is 2. The Morgan fingerprint density at radius 3 is 2.65 bits per heavy atom. The fraction of sp³-hybridized carbons (Fsp3) is 0.406. The van der Waals surface area contributed by atoms with Gasteiger partial charge in [-0.3, -0.25) is 14.4 Å². The molecule has 40 heavy (non-hydrogen) atoms. The first-order valence-electron chi connectivity index (χ1n) is 13.9. The molecule has 6 rings (SSSR count). The van der Waals surface area contributed by atoms with Crippen LogP contribution in [-0.4, -0.2) is 63.6 Å². The Morgan fingerprint density at radius 2 is 1.88 bits per heavy atom. The van der Waals surface area contributed by atoms with E-state index >= 15 is 0 Å². The van der Waals surface area contributed by atoms with E-state index in [1.165, 1.54) is 11.8 Å². The van der Waals surface area contributed by atoms with Crippen molar-refractivity contribution >= 4 is 35.2 Å². The maximum atomic E-state index is 14.8. The minimum atomic E-state index is -0.985. The smallest absolute Gasteiger partial charge is 0.311 e. The van der Waals surface area contributed by atoms with Crippen LogP contribution in [0.2, 0.25) is 0 Å². The Bertz CT molecular complexity index is 1390. The molecule has 0 radical (unpaired) electrons. The van der Waals surface area contributed by atoms with E-state index in [4.69, 9.17) is 4.74 Å². The second-order valence-corrected chi connectivity index (χ2v) is 12.6. The van der Waals surface area contributed by atoms with Crippen molar-refractivity contribution in [3.8, 4) is 0 Å². The second-order valence-electron chi connectivity index (χ2n) is 11.1. The second kappa shape index (κ2) is 10.6. The number of amides is 2. The number of carbonyl (C=O) groups excluding carboxylic acids is 3. The Labute approximate surface area is 238 Å². The zero-order valence-electron chi connectivity index (χ0n) is 22.7. The van der Waals surface area contributed by atoms with Gasteiger partial charge in [-0.15, -0.1) is 11.8 Å². The van der Waals surface area contributed by atoms with Crippen LogP contribution in [-0.2, 0) is 19.1 Å². The number of anilines is 1.